The van der Waals surface area contributed by atoms with Crippen molar-refractivity contribution in [3.05, 3.63) is 47.7 Å². The molecule has 2 amide bonds. The van der Waals surface area contributed by atoms with Crippen LogP contribution in [-0.4, -0.2) is 43.6 Å². The number of carbonyl (C=O) groups excluding carboxylic acids is 1. The monoisotopic (exact) mass is 338 g/mol. The highest BCUT2D eigenvalue weighted by Crippen LogP contribution is 2.26. The summed E-state index contributed by atoms with van der Waals surface area (Å²) in [5.74, 6) is 0.294. The van der Waals surface area contributed by atoms with Crippen LogP contribution in [0.5, 0.6) is 0 Å². The Bertz CT molecular complexity index is 911. The molecule has 1 atom stereocenters. The Morgan fingerprint density at radius 3 is 3.04 bits per heavy atom. The van der Waals surface area contributed by atoms with Gasteiger partial charge < -0.3 is 14.6 Å². The SMILES string of the molecule is Cc1cc(C2CCCN(C(=O)Nc3cc(C)c4nccn4c3)C2)n[nH]1. The molecule has 0 saturated carbocycles. The molecular weight excluding hydrogens is 316 g/mol. The molecule has 0 radical (unpaired) electrons. The zero-order valence-corrected chi connectivity index (χ0v) is 14.5. The Balaban J connectivity index is 1.48. The first-order valence-electron chi connectivity index (χ1n) is 8.61. The van der Waals surface area contributed by atoms with Crippen LogP contribution in [0.2, 0.25) is 0 Å². The van der Waals surface area contributed by atoms with Gasteiger partial charge in [0.15, 0.2) is 0 Å². The molecule has 0 aromatic carbocycles. The van der Waals surface area contributed by atoms with Crippen molar-refractivity contribution in [3.8, 4) is 0 Å². The molecule has 3 aromatic rings. The van der Waals surface area contributed by atoms with Gasteiger partial charge in [0.05, 0.1) is 11.4 Å². The van der Waals surface area contributed by atoms with Gasteiger partial charge in [-0.15, -0.1) is 0 Å². The van der Waals surface area contributed by atoms with Gasteiger partial charge in [-0.2, -0.15) is 5.10 Å². The Hall–Kier alpha value is -2.83. The molecule has 1 fully saturated rings. The molecule has 0 spiro atoms. The highest BCUT2D eigenvalue weighted by molar-refractivity contribution is 5.89. The molecule has 4 heterocycles. The van der Waals surface area contributed by atoms with E-state index in [0.29, 0.717) is 12.5 Å². The number of pyridine rings is 1. The van der Waals surface area contributed by atoms with Gasteiger partial charge in [0, 0.05) is 43.3 Å². The number of piperidine rings is 1. The van der Waals surface area contributed by atoms with Gasteiger partial charge in [0.25, 0.3) is 0 Å². The van der Waals surface area contributed by atoms with Crippen LogP contribution in [0.4, 0.5) is 10.5 Å². The molecular formula is C18H22N6O. The van der Waals surface area contributed by atoms with Crippen molar-refractivity contribution in [2.75, 3.05) is 18.4 Å². The third-order valence-electron chi connectivity index (χ3n) is 4.78. The van der Waals surface area contributed by atoms with Crippen molar-refractivity contribution in [1.29, 1.82) is 0 Å². The number of likely N-dealkylation sites (tertiary alicyclic amines) is 1. The lowest BCUT2D eigenvalue weighted by molar-refractivity contribution is 0.192. The zero-order valence-electron chi connectivity index (χ0n) is 14.5. The summed E-state index contributed by atoms with van der Waals surface area (Å²) < 4.78 is 1.93. The average Bonchev–Trinajstić information content (AvgIpc) is 3.24. The minimum absolute atomic E-state index is 0.0594. The Labute approximate surface area is 146 Å². The molecule has 1 aliphatic heterocycles. The number of urea groups is 1. The van der Waals surface area contributed by atoms with Crippen LogP contribution in [0.15, 0.2) is 30.7 Å². The largest absolute Gasteiger partial charge is 0.324 e. The molecule has 0 aliphatic carbocycles. The summed E-state index contributed by atoms with van der Waals surface area (Å²) in [5.41, 5.74) is 4.83. The molecule has 3 aromatic heterocycles. The maximum absolute atomic E-state index is 12.7. The first kappa shape index (κ1) is 15.7. The second-order valence-electron chi connectivity index (χ2n) is 6.76. The molecule has 4 rings (SSSR count). The number of fused-ring (bicyclic) bond motifs is 1. The van der Waals surface area contributed by atoms with Crippen molar-refractivity contribution in [3.63, 3.8) is 0 Å². The number of carbonyl (C=O) groups is 1. The number of imidazole rings is 1. The van der Waals surface area contributed by atoms with Gasteiger partial charge in [-0.1, -0.05) is 0 Å². The van der Waals surface area contributed by atoms with E-state index >= 15 is 0 Å². The second kappa shape index (κ2) is 6.23. The van der Waals surface area contributed by atoms with E-state index in [-0.39, 0.29) is 6.03 Å². The number of amides is 2. The first-order valence-corrected chi connectivity index (χ1v) is 8.61. The fraction of sp³-hybridized carbons (Fsp3) is 0.389. The van der Waals surface area contributed by atoms with Crippen LogP contribution in [0.25, 0.3) is 5.65 Å². The lowest BCUT2D eigenvalue weighted by atomic mass is 9.95. The summed E-state index contributed by atoms with van der Waals surface area (Å²) in [5, 5.41) is 10.4. The summed E-state index contributed by atoms with van der Waals surface area (Å²) in [7, 11) is 0. The molecule has 7 heteroatoms. The molecule has 7 nitrogen and oxygen atoms in total. The summed E-state index contributed by atoms with van der Waals surface area (Å²) in [6, 6.07) is 3.97. The van der Waals surface area contributed by atoms with Gasteiger partial charge in [-0.3, -0.25) is 5.10 Å². The van der Waals surface area contributed by atoms with E-state index in [1.54, 1.807) is 6.20 Å². The van der Waals surface area contributed by atoms with E-state index in [4.69, 9.17) is 0 Å². The first-order chi connectivity index (χ1) is 12.1. The van der Waals surface area contributed by atoms with E-state index in [2.05, 4.69) is 26.6 Å². The number of aryl methyl sites for hydroxylation is 2. The maximum Gasteiger partial charge on any atom is 0.321 e. The number of H-pyrrole nitrogens is 1. The quantitative estimate of drug-likeness (QED) is 0.754. The van der Waals surface area contributed by atoms with Crippen molar-refractivity contribution < 1.29 is 4.79 Å². The average molecular weight is 338 g/mol. The molecule has 1 unspecified atom stereocenters. The fourth-order valence-corrected chi connectivity index (χ4v) is 3.53. The van der Waals surface area contributed by atoms with Gasteiger partial charge in [0.2, 0.25) is 0 Å². The van der Waals surface area contributed by atoms with Crippen LogP contribution < -0.4 is 5.32 Å². The van der Waals surface area contributed by atoms with Gasteiger partial charge in [-0.25, -0.2) is 9.78 Å². The normalized spacial score (nSPS) is 17.8. The standard InChI is InChI=1S/C18H22N6O/c1-12-8-15(11-23-7-5-19-17(12)23)20-18(25)24-6-3-4-14(10-24)16-9-13(2)21-22-16/h5,7-9,11,14H,3-4,6,10H2,1-2H3,(H,20,25)(H,21,22). The zero-order chi connectivity index (χ0) is 17.4. The second-order valence-corrected chi connectivity index (χ2v) is 6.76. The lowest BCUT2D eigenvalue weighted by Gasteiger charge is -2.32. The minimum atomic E-state index is -0.0594. The van der Waals surface area contributed by atoms with Crippen molar-refractivity contribution >= 4 is 17.4 Å². The number of nitrogens with one attached hydrogen (secondary N) is 2. The number of nitrogens with zero attached hydrogens (tertiary/aromatic N) is 4. The summed E-state index contributed by atoms with van der Waals surface area (Å²) in [6.07, 6.45) is 7.59. The van der Waals surface area contributed by atoms with E-state index in [1.807, 2.05) is 41.6 Å². The van der Waals surface area contributed by atoms with E-state index < -0.39 is 0 Å². The third-order valence-corrected chi connectivity index (χ3v) is 4.78. The predicted molar refractivity (Wildman–Crippen MR) is 95.8 cm³/mol. The van der Waals surface area contributed by atoms with E-state index in [9.17, 15) is 4.79 Å². The fourth-order valence-electron chi connectivity index (χ4n) is 3.53. The lowest BCUT2D eigenvalue weighted by Crippen LogP contribution is -2.41. The maximum atomic E-state index is 12.7. The summed E-state index contributed by atoms with van der Waals surface area (Å²) in [4.78, 5) is 18.9. The van der Waals surface area contributed by atoms with Crippen LogP contribution in [0, 0.1) is 13.8 Å². The number of rotatable bonds is 2. The molecule has 0 bridgehead atoms. The van der Waals surface area contributed by atoms with Crippen molar-refractivity contribution in [2.24, 2.45) is 0 Å². The van der Waals surface area contributed by atoms with E-state index in [0.717, 1.165) is 47.7 Å². The summed E-state index contributed by atoms with van der Waals surface area (Å²) >= 11 is 0. The van der Waals surface area contributed by atoms with Gasteiger partial charge in [-0.05, 0) is 44.4 Å². The van der Waals surface area contributed by atoms with Crippen LogP contribution in [0.1, 0.15) is 35.7 Å². The topological polar surface area (TPSA) is 78.3 Å². The number of hydrogen-bond donors (Lipinski definition) is 2. The summed E-state index contributed by atoms with van der Waals surface area (Å²) in [6.45, 7) is 5.47. The van der Waals surface area contributed by atoms with Gasteiger partial charge in [0.1, 0.15) is 5.65 Å². The van der Waals surface area contributed by atoms with Crippen molar-refractivity contribution in [1.82, 2.24) is 24.5 Å². The van der Waals surface area contributed by atoms with E-state index in [1.165, 1.54) is 0 Å². The van der Waals surface area contributed by atoms with Gasteiger partial charge >= 0.3 is 6.03 Å². The van der Waals surface area contributed by atoms with Crippen LogP contribution >= 0.6 is 0 Å². The Kier molecular flexibility index (Phi) is 3.91. The highest BCUT2D eigenvalue weighted by Gasteiger charge is 2.26. The molecule has 1 saturated heterocycles. The predicted octanol–water partition coefficient (Wildman–Crippen LogP) is 3.09. The third kappa shape index (κ3) is 3.09. The molecule has 130 valence electrons. The van der Waals surface area contributed by atoms with Crippen molar-refractivity contribution in [2.45, 2.75) is 32.6 Å². The molecule has 25 heavy (non-hydrogen) atoms. The van der Waals surface area contributed by atoms with Crippen LogP contribution in [-0.2, 0) is 0 Å². The minimum Gasteiger partial charge on any atom is -0.324 e. The molecule has 1 aliphatic rings. The number of hydrogen-bond acceptors (Lipinski definition) is 3. The number of aromatic nitrogens is 4. The molecule has 2 N–H and O–H groups in total. The highest BCUT2D eigenvalue weighted by atomic mass is 16.2. The Morgan fingerprint density at radius 2 is 2.24 bits per heavy atom. The number of aromatic amines is 1. The smallest absolute Gasteiger partial charge is 0.321 e. The Morgan fingerprint density at radius 1 is 1.36 bits per heavy atom. The van der Waals surface area contributed by atoms with Crippen LogP contribution in [0.3, 0.4) is 0 Å². The number of anilines is 1.